The van der Waals surface area contributed by atoms with Crippen molar-refractivity contribution in [2.75, 3.05) is 0 Å². The van der Waals surface area contributed by atoms with Crippen LogP contribution in [0, 0.1) is 0 Å². The molecule has 0 spiro atoms. The highest BCUT2D eigenvalue weighted by atomic mass is 28.5. The van der Waals surface area contributed by atoms with Crippen LogP contribution in [-0.4, -0.2) is 45.9 Å². The molecule has 0 amide bonds. The smallest absolute Gasteiger partial charge is 0.416 e. The molecule has 6 nitrogen and oxygen atoms in total. The molecule has 0 atom stereocenters. The van der Waals surface area contributed by atoms with E-state index in [0.717, 1.165) is 64.2 Å². The van der Waals surface area contributed by atoms with Gasteiger partial charge in [0.25, 0.3) is 0 Å². The zero-order valence-corrected chi connectivity index (χ0v) is 28.5. The second-order valence-electron chi connectivity index (χ2n) is 11.3. The fraction of sp³-hybridized carbons (Fsp3) is 1.00. The lowest BCUT2D eigenvalue weighted by molar-refractivity contribution is -0.115. The second-order valence-corrected chi connectivity index (χ2v) is 24.4. The maximum absolute atomic E-state index is 7.18. The van der Waals surface area contributed by atoms with Crippen molar-refractivity contribution in [1.29, 1.82) is 0 Å². The number of hydrogen-bond acceptors (Lipinski definition) is 6. The molecule has 1 rings (SSSR count). The van der Waals surface area contributed by atoms with E-state index in [1.54, 1.807) is 0 Å². The van der Waals surface area contributed by atoms with Crippen LogP contribution < -0.4 is 0 Å². The van der Waals surface area contributed by atoms with Gasteiger partial charge in [0, 0.05) is 0 Å². The Morgan fingerprint density at radius 3 is 1.06 bits per heavy atom. The van der Waals surface area contributed by atoms with Crippen LogP contribution in [0.4, 0.5) is 0 Å². The summed E-state index contributed by atoms with van der Waals surface area (Å²) in [7, 11) is -11.4. The fourth-order valence-corrected chi connectivity index (χ4v) is 24.1. The summed E-state index contributed by atoms with van der Waals surface area (Å²) in [5.41, 5.74) is -0.692. The molecule has 34 heavy (non-hydrogen) atoms. The third kappa shape index (κ3) is 9.50. The Morgan fingerprint density at radius 1 is 0.500 bits per heavy atom. The number of hydrogen-bond donors (Lipinski definition) is 0. The van der Waals surface area contributed by atoms with Gasteiger partial charge in [-0.3, -0.25) is 0 Å². The van der Waals surface area contributed by atoms with Crippen molar-refractivity contribution in [2.45, 2.75) is 156 Å². The van der Waals surface area contributed by atoms with Gasteiger partial charge >= 0.3 is 34.7 Å². The average Bonchev–Trinajstić information content (AvgIpc) is 2.71. The summed E-state index contributed by atoms with van der Waals surface area (Å²) >= 11 is 0. The van der Waals surface area contributed by atoms with E-state index in [-0.39, 0.29) is 11.2 Å². The highest BCUT2D eigenvalue weighted by Gasteiger charge is 2.63. The summed E-state index contributed by atoms with van der Waals surface area (Å²) in [6.07, 6.45) is 9.94. The SMILES string of the molecule is CCCCC(CC)(CC)O[Si]1(OC(CC)(CC)CCCC)O[Si](C)(C)O[Si](C)(C)O[Si](C)(C)O1. The zero-order valence-electron chi connectivity index (χ0n) is 24.5. The molecular weight excluding hydrogens is 497 g/mol. The van der Waals surface area contributed by atoms with Crippen LogP contribution in [0.25, 0.3) is 0 Å². The van der Waals surface area contributed by atoms with E-state index in [2.05, 4.69) is 80.8 Å². The first-order chi connectivity index (χ1) is 15.6. The molecule has 0 aromatic carbocycles. The molecule has 1 fully saturated rings. The van der Waals surface area contributed by atoms with Gasteiger partial charge in [-0.25, -0.2) is 0 Å². The monoisotopic (exact) mass is 552 g/mol. The minimum absolute atomic E-state index is 0.346. The van der Waals surface area contributed by atoms with Crippen LogP contribution in [0.2, 0.25) is 39.3 Å². The van der Waals surface area contributed by atoms with E-state index in [1.807, 2.05) is 0 Å². The predicted octanol–water partition coefficient (Wildman–Crippen LogP) is 8.14. The van der Waals surface area contributed by atoms with E-state index in [9.17, 15) is 0 Å². The van der Waals surface area contributed by atoms with E-state index in [0.29, 0.717) is 0 Å². The zero-order chi connectivity index (χ0) is 26.3. The van der Waals surface area contributed by atoms with Crippen molar-refractivity contribution in [1.82, 2.24) is 0 Å². The molecule has 0 radical (unpaired) electrons. The molecule has 1 aliphatic heterocycles. The van der Waals surface area contributed by atoms with Gasteiger partial charge in [-0.2, -0.15) is 0 Å². The lowest BCUT2D eigenvalue weighted by Crippen LogP contribution is -2.71. The van der Waals surface area contributed by atoms with Crippen LogP contribution in [0.1, 0.15) is 106 Å². The summed E-state index contributed by atoms with van der Waals surface area (Å²) in [4.78, 5) is 0. The fourth-order valence-electron chi connectivity index (χ4n) is 5.10. The molecule has 1 saturated heterocycles. The maximum atomic E-state index is 7.18. The summed E-state index contributed by atoms with van der Waals surface area (Å²) in [6.45, 7) is 25.8. The summed E-state index contributed by atoms with van der Waals surface area (Å²) < 4.78 is 41.6. The first-order valence-corrected chi connectivity index (χ1v) is 23.9. The lowest BCUT2D eigenvalue weighted by Gasteiger charge is -2.51. The highest BCUT2D eigenvalue weighted by Crippen LogP contribution is 2.41. The molecule has 0 aliphatic carbocycles. The largest absolute Gasteiger partial charge is 0.662 e. The molecule has 1 heterocycles. The Labute approximate surface area is 216 Å². The molecule has 0 bridgehead atoms. The first-order valence-electron chi connectivity index (χ1n) is 13.8. The second kappa shape index (κ2) is 12.9. The normalized spacial score (nSPS) is 22.2. The molecule has 10 heteroatoms. The molecule has 1 aliphatic rings. The Kier molecular flexibility index (Phi) is 12.4. The highest BCUT2D eigenvalue weighted by molar-refractivity contribution is 6.90. The van der Waals surface area contributed by atoms with Crippen LogP contribution >= 0.6 is 0 Å². The van der Waals surface area contributed by atoms with Gasteiger partial charge in [0.15, 0.2) is 0 Å². The molecule has 0 saturated carbocycles. The topological polar surface area (TPSA) is 55.4 Å². The Hall–Kier alpha value is 0.628. The van der Waals surface area contributed by atoms with Gasteiger partial charge in [-0.1, -0.05) is 67.2 Å². The van der Waals surface area contributed by atoms with Gasteiger partial charge in [0.05, 0.1) is 11.2 Å². The van der Waals surface area contributed by atoms with E-state index >= 15 is 0 Å². The lowest BCUT2D eigenvalue weighted by atomic mass is 9.91. The van der Waals surface area contributed by atoms with Gasteiger partial charge in [0.1, 0.15) is 0 Å². The van der Waals surface area contributed by atoms with Crippen molar-refractivity contribution < 1.29 is 25.3 Å². The molecule has 0 aromatic heterocycles. The quantitative estimate of drug-likeness (QED) is 0.203. The molecule has 0 unspecified atom stereocenters. The molecule has 0 aromatic rings. The van der Waals surface area contributed by atoms with E-state index < -0.39 is 34.7 Å². The number of unbranched alkanes of at least 4 members (excludes halogenated alkanes) is 2. The minimum atomic E-state index is -3.66. The van der Waals surface area contributed by atoms with Crippen LogP contribution in [0.3, 0.4) is 0 Å². The Morgan fingerprint density at radius 2 is 0.794 bits per heavy atom. The van der Waals surface area contributed by atoms with E-state index in [1.165, 1.54) is 0 Å². The summed E-state index contributed by atoms with van der Waals surface area (Å²) in [5, 5.41) is 0. The average molecular weight is 553 g/mol. The standard InChI is InChI=1S/C24H56O6Si4/c1-13-19-21-23(15-3,16-4)25-34(26-24(17-5,18-6)22-20-14-2)29-32(9,10)27-31(7,8)28-33(11,12)30-34/h13-22H2,1-12H3. The van der Waals surface area contributed by atoms with Gasteiger partial charge < -0.3 is 25.3 Å². The minimum Gasteiger partial charge on any atom is -0.416 e. The molecular formula is C24H56O6Si4. The summed E-state index contributed by atoms with van der Waals surface area (Å²) in [5.74, 6) is 0. The molecule has 0 N–H and O–H groups in total. The van der Waals surface area contributed by atoms with Crippen LogP contribution in [-0.2, 0) is 25.3 Å². The van der Waals surface area contributed by atoms with Crippen molar-refractivity contribution in [3.8, 4) is 0 Å². The maximum Gasteiger partial charge on any atom is 0.662 e. The van der Waals surface area contributed by atoms with Gasteiger partial charge in [-0.15, -0.1) is 0 Å². The third-order valence-electron chi connectivity index (χ3n) is 6.96. The predicted molar refractivity (Wildman–Crippen MR) is 150 cm³/mol. The third-order valence-corrected chi connectivity index (χ3v) is 22.1. The summed E-state index contributed by atoms with van der Waals surface area (Å²) in [6, 6.07) is 0. The Bertz CT molecular complexity index is 556. The Balaban J connectivity index is 3.67. The van der Waals surface area contributed by atoms with Gasteiger partial charge in [0.2, 0.25) is 0 Å². The van der Waals surface area contributed by atoms with Crippen LogP contribution in [0.5, 0.6) is 0 Å². The molecule has 204 valence electrons. The van der Waals surface area contributed by atoms with Gasteiger partial charge in [-0.05, 0) is 77.8 Å². The van der Waals surface area contributed by atoms with E-state index in [4.69, 9.17) is 25.3 Å². The first kappa shape index (κ1) is 32.7. The van der Waals surface area contributed by atoms with Crippen molar-refractivity contribution >= 4 is 34.7 Å². The number of rotatable bonds is 14. The van der Waals surface area contributed by atoms with Crippen molar-refractivity contribution in [2.24, 2.45) is 0 Å². The van der Waals surface area contributed by atoms with Crippen molar-refractivity contribution in [3.63, 3.8) is 0 Å². The van der Waals surface area contributed by atoms with Crippen molar-refractivity contribution in [3.05, 3.63) is 0 Å². The van der Waals surface area contributed by atoms with Crippen LogP contribution in [0.15, 0.2) is 0 Å².